The lowest BCUT2D eigenvalue weighted by atomic mass is 9.96. The van der Waals surface area contributed by atoms with E-state index in [1.807, 2.05) is 6.08 Å². The maximum absolute atomic E-state index is 13.4. The summed E-state index contributed by atoms with van der Waals surface area (Å²) in [7, 11) is 0. The number of carbonyl (C=O) groups excluding carboxylic acids is 1. The van der Waals surface area contributed by atoms with Crippen LogP contribution in [-0.2, 0) is 33.2 Å². The van der Waals surface area contributed by atoms with Gasteiger partial charge in [0.15, 0.2) is 18.9 Å². The van der Waals surface area contributed by atoms with Crippen LogP contribution in [0.5, 0.6) is 0 Å². The molecule has 0 radical (unpaired) electrons. The Labute approximate surface area is 543 Å². The molecule has 0 aliphatic carbocycles. The molecule has 1 amide bonds. The van der Waals surface area contributed by atoms with Crippen LogP contribution in [0.4, 0.5) is 0 Å². The number of unbranched alkanes of at least 4 members (excludes halogenated alkanes) is 39. The number of aliphatic hydroxyl groups is 11. The first-order valence-electron chi connectivity index (χ1n) is 36.6. The summed E-state index contributed by atoms with van der Waals surface area (Å²) in [5, 5.41) is 120. The number of carbonyl (C=O) groups is 1. The minimum absolute atomic E-state index is 0.248. The highest BCUT2D eigenvalue weighted by atomic mass is 16.8. The Bertz CT molecular complexity index is 1730. The second-order valence-corrected chi connectivity index (χ2v) is 26.4. The van der Waals surface area contributed by atoms with Crippen LogP contribution >= 0.6 is 0 Å². The predicted molar refractivity (Wildman–Crippen MR) is 351 cm³/mol. The molecule has 0 aromatic rings. The maximum Gasteiger partial charge on any atom is 0.220 e. The highest BCUT2D eigenvalue weighted by Gasteiger charge is 2.53. The summed E-state index contributed by atoms with van der Waals surface area (Å²) in [6.45, 7) is 1.72. The number of ether oxygens (including phenoxy) is 6. The monoisotopic (exact) mass is 1290 g/mol. The highest BCUT2D eigenvalue weighted by molar-refractivity contribution is 5.76. The van der Waals surface area contributed by atoms with Gasteiger partial charge in [0.25, 0.3) is 0 Å². The molecule has 19 nitrogen and oxygen atoms in total. The summed E-state index contributed by atoms with van der Waals surface area (Å²) < 4.78 is 34.3. The van der Waals surface area contributed by atoms with Gasteiger partial charge in [-0.1, -0.05) is 263 Å². The molecule has 530 valence electrons. The van der Waals surface area contributed by atoms with Crippen LogP contribution in [0.25, 0.3) is 0 Å². The average Bonchev–Trinajstić information content (AvgIpc) is 1.08. The molecule has 3 fully saturated rings. The molecule has 0 aromatic carbocycles. The van der Waals surface area contributed by atoms with Crippen molar-refractivity contribution in [3.8, 4) is 0 Å². The van der Waals surface area contributed by atoms with Crippen LogP contribution in [0, 0.1) is 0 Å². The van der Waals surface area contributed by atoms with Crippen LogP contribution in [0.3, 0.4) is 0 Å². The van der Waals surface area contributed by atoms with Gasteiger partial charge in [-0.25, -0.2) is 0 Å². The molecule has 3 heterocycles. The minimum atomic E-state index is -1.98. The molecule has 3 saturated heterocycles. The van der Waals surface area contributed by atoms with E-state index in [1.165, 1.54) is 218 Å². The molecular weight excluding hydrogens is 1150 g/mol. The van der Waals surface area contributed by atoms with Crippen LogP contribution < -0.4 is 5.32 Å². The number of hydrogen-bond acceptors (Lipinski definition) is 18. The van der Waals surface area contributed by atoms with E-state index in [4.69, 9.17) is 28.4 Å². The zero-order valence-electron chi connectivity index (χ0n) is 56.1. The summed E-state index contributed by atoms with van der Waals surface area (Å²) in [5.41, 5.74) is 0. The van der Waals surface area contributed by atoms with Gasteiger partial charge >= 0.3 is 0 Å². The van der Waals surface area contributed by atoms with E-state index in [0.29, 0.717) is 6.42 Å². The van der Waals surface area contributed by atoms with E-state index in [2.05, 4.69) is 31.3 Å². The molecule has 0 spiro atoms. The molecule has 0 bridgehead atoms. The van der Waals surface area contributed by atoms with Crippen molar-refractivity contribution in [2.75, 3.05) is 26.4 Å². The smallest absolute Gasteiger partial charge is 0.220 e. The van der Waals surface area contributed by atoms with E-state index >= 15 is 0 Å². The lowest BCUT2D eigenvalue weighted by Gasteiger charge is -2.48. The standard InChI is InChI=1S/C71H133NO18/c1-3-5-7-9-11-13-15-16-17-18-19-20-21-22-23-24-25-26-27-28-29-30-31-32-33-34-35-36-37-38-39-41-43-45-47-49-59(77)72-54(55(76)48-46-44-42-40-14-12-10-8-6-4-2)53-85-69-65(83)62(80)67(57(51-74)87-69)90-71-66(84)63(81)68(58(52-75)88-71)89-70-64(82)61(79)60(78)56(50-73)86-70/h18-19,46,48,54-58,60-71,73-76,78-84H,3-17,20-45,47,49-53H2,1-2H3,(H,72,77)/b19-18-,48-46+. The fourth-order valence-corrected chi connectivity index (χ4v) is 12.5. The molecule has 19 heteroatoms. The van der Waals surface area contributed by atoms with Crippen LogP contribution in [0.15, 0.2) is 24.3 Å². The van der Waals surface area contributed by atoms with Crippen molar-refractivity contribution >= 4 is 5.91 Å². The maximum atomic E-state index is 13.4. The fourth-order valence-electron chi connectivity index (χ4n) is 12.5. The molecule has 3 rings (SSSR count). The lowest BCUT2D eigenvalue weighted by molar-refractivity contribution is -0.379. The minimum Gasteiger partial charge on any atom is -0.394 e. The van der Waals surface area contributed by atoms with Gasteiger partial charge in [-0.3, -0.25) is 4.79 Å². The zero-order valence-corrected chi connectivity index (χ0v) is 56.1. The largest absolute Gasteiger partial charge is 0.394 e. The van der Waals surface area contributed by atoms with Gasteiger partial charge in [0.2, 0.25) is 5.91 Å². The van der Waals surface area contributed by atoms with Crippen molar-refractivity contribution in [2.45, 2.75) is 394 Å². The Morgan fingerprint density at radius 2 is 0.700 bits per heavy atom. The molecular formula is C71H133NO18. The van der Waals surface area contributed by atoms with Gasteiger partial charge in [-0.15, -0.1) is 0 Å². The molecule has 12 N–H and O–H groups in total. The highest BCUT2D eigenvalue weighted by Crippen LogP contribution is 2.33. The molecule has 0 aromatic heterocycles. The van der Waals surface area contributed by atoms with Crippen LogP contribution in [-0.4, -0.2) is 193 Å². The van der Waals surface area contributed by atoms with Gasteiger partial charge < -0.3 is 89.9 Å². The summed E-state index contributed by atoms with van der Waals surface area (Å²) in [4.78, 5) is 13.4. The van der Waals surface area contributed by atoms with E-state index in [0.717, 1.165) is 44.9 Å². The lowest BCUT2D eigenvalue weighted by Crippen LogP contribution is -2.66. The summed E-state index contributed by atoms with van der Waals surface area (Å²) >= 11 is 0. The third-order valence-electron chi connectivity index (χ3n) is 18.5. The van der Waals surface area contributed by atoms with Gasteiger partial charge in [-0.05, 0) is 44.9 Å². The van der Waals surface area contributed by atoms with Gasteiger partial charge in [0, 0.05) is 6.42 Å². The first-order valence-corrected chi connectivity index (χ1v) is 36.6. The molecule has 3 aliphatic heterocycles. The molecule has 17 unspecified atom stereocenters. The van der Waals surface area contributed by atoms with E-state index in [-0.39, 0.29) is 18.9 Å². The fraction of sp³-hybridized carbons (Fsp3) is 0.930. The molecule has 0 saturated carbocycles. The number of allylic oxidation sites excluding steroid dienone is 3. The summed E-state index contributed by atoms with van der Waals surface area (Å²) in [5.74, 6) is -0.272. The van der Waals surface area contributed by atoms with Crippen LogP contribution in [0.1, 0.15) is 290 Å². The van der Waals surface area contributed by atoms with E-state index in [9.17, 15) is 61.0 Å². The molecule has 3 aliphatic rings. The average molecular weight is 1290 g/mol. The number of hydrogen-bond donors (Lipinski definition) is 12. The molecule has 17 atom stereocenters. The Morgan fingerprint density at radius 3 is 1.08 bits per heavy atom. The van der Waals surface area contributed by atoms with Gasteiger partial charge in [-0.2, -0.15) is 0 Å². The van der Waals surface area contributed by atoms with Gasteiger partial charge in [0.05, 0.1) is 38.6 Å². The first kappa shape index (κ1) is 82.5. The van der Waals surface area contributed by atoms with Crippen molar-refractivity contribution in [1.29, 1.82) is 0 Å². The number of nitrogens with one attached hydrogen (secondary N) is 1. The normalized spacial score (nSPS) is 28.1. The zero-order chi connectivity index (χ0) is 65.4. The van der Waals surface area contributed by atoms with Gasteiger partial charge in [0.1, 0.15) is 73.2 Å². The van der Waals surface area contributed by atoms with Crippen molar-refractivity contribution < 1.29 is 89.4 Å². The topological polar surface area (TPSA) is 307 Å². The third kappa shape index (κ3) is 34.8. The number of rotatable bonds is 57. The predicted octanol–water partition coefficient (Wildman–Crippen LogP) is 10.2. The SMILES string of the molecule is CCCCCCCCCC/C=C\CCCCCCCCCCCCCCCCCCCCCCCCCC(=O)NC(COC1OC(CO)C(OC2OC(CO)C(OC3OC(CO)C(O)C(O)C3O)C(O)C2O)C(O)C1O)C(O)/C=C/CCCCCCCCCC. The van der Waals surface area contributed by atoms with Crippen LogP contribution in [0.2, 0.25) is 0 Å². The number of amides is 1. The Kier molecular flexibility index (Phi) is 49.0. The van der Waals surface area contributed by atoms with Crippen molar-refractivity contribution in [3.63, 3.8) is 0 Å². The van der Waals surface area contributed by atoms with Crippen molar-refractivity contribution in [1.82, 2.24) is 5.32 Å². The van der Waals surface area contributed by atoms with E-state index < -0.39 is 124 Å². The second-order valence-electron chi connectivity index (χ2n) is 26.4. The third-order valence-corrected chi connectivity index (χ3v) is 18.5. The second kappa shape index (κ2) is 53.4. The van der Waals surface area contributed by atoms with E-state index in [1.54, 1.807) is 6.08 Å². The van der Waals surface area contributed by atoms with Crippen molar-refractivity contribution in [2.24, 2.45) is 0 Å². The van der Waals surface area contributed by atoms with Crippen molar-refractivity contribution in [3.05, 3.63) is 24.3 Å². The summed E-state index contributed by atoms with van der Waals surface area (Å²) in [6, 6.07) is -0.968. The first-order chi connectivity index (χ1) is 43.8. The Hall–Kier alpha value is -1.73. The Morgan fingerprint density at radius 1 is 0.389 bits per heavy atom. The Balaban J connectivity index is 1.30. The number of aliphatic hydroxyl groups excluding tert-OH is 11. The molecule has 90 heavy (non-hydrogen) atoms. The quantitative estimate of drug-likeness (QED) is 0.0199. The summed E-state index contributed by atoms with van der Waals surface area (Å²) in [6.07, 6.45) is 35.0.